The molecule has 0 aliphatic carbocycles. The van der Waals surface area contributed by atoms with Gasteiger partial charge >= 0.3 is 0 Å². The van der Waals surface area contributed by atoms with E-state index in [4.69, 9.17) is 10.5 Å². The molecular formula is C14H10BrN3O. The predicted molar refractivity (Wildman–Crippen MR) is 78.2 cm³/mol. The van der Waals surface area contributed by atoms with Crippen LogP contribution in [0.25, 0.3) is 11.0 Å². The summed E-state index contributed by atoms with van der Waals surface area (Å²) in [7, 11) is 0. The lowest BCUT2D eigenvalue weighted by molar-refractivity contribution is 0.463. The Morgan fingerprint density at radius 1 is 0.895 bits per heavy atom. The average Bonchev–Trinajstić information content (AvgIpc) is 2.42. The highest BCUT2D eigenvalue weighted by atomic mass is 79.9. The van der Waals surface area contributed by atoms with E-state index in [1.165, 1.54) is 0 Å². The van der Waals surface area contributed by atoms with Crippen LogP contribution in [0.3, 0.4) is 0 Å². The number of halogens is 1. The Kier molecular flexibility index (Phi) is 3.05. The molecule has 5 heteroatoms. The van der Waals surface area contributed by atoms with E-state index in [1.54, 1.807) is 0 Å². The van der Waals surface area contributed by atoms with E-state index < -0.39 is 0 Å². The van der Waals surface area contributed by atoms with Gasteiger partial charge in [-0.3, -0.25) is 0 Å². The average molecular weight is 316 g/mol. The summed E-state index contributed by atoms with van der Waals surface area (Å²) in [6.07, 6.45) is 0. The number of nitrogen functional groups attached to an aromatic ring is 1. The van der Waals surface area contributed by atoms with Crippen LogP contribution in [0.1, 0.15) is 0 Å². The van der Waals surface area contributed by atoms with Crippen molar-refractivity contribution in [3.8, 4) is 11.6 Å². The third-order valence-electron chi connectivity index (χ3n) is 2.61. The number of anilines is 1. The molecule has 0 bridgehead atoms. The van der Waals surface area contributed by atoms with E-state index >= 15 is 0 Å². The van der Waals surface area contributed by atoms with Crippen molar-refractivity contribution in [3.05, 3.63) is 53.0 Å². The molecule has 2 N–H and O–H groups in total. The summed E-state index contributed by atoms with van der Waals surface area (Å²) in [5.41, 5.74) is 7.37. The second-order valence-corrected chi connectivity index (χ2v) is 4.79. The van der Waals surface area contributed by atoms with E-state index in [1.807, 2.05) is 48.5 Å². The minimum Gasteiger partial charge on any atom is -0.435 e. The van der Waals surface area contributed by atoms with Gasteiger partial charge in [0.2, 0.25) is 0 Å². The molecule has 3 aromatic rings. The van der Waals surface area contributed by atoms with E-state index in [0.717, 1.165) is 15.5 Å². The van der Waals surface area contributed by atoms with Crippen LogP contribution in [0.5, 0.6) is 11.6 Å². The van der Waals surface area contributed by atoms with Crippen LogP contribution < -0.4 is 10.5 Å². The molecule has 0 aliphatic rings. The normalized spacial score (nSPS) is 10.6. The Morgan fingerprint density at radius 3 is 2.26 bits per heavy atom. The van der Waals surface area contributed by atoms with Crippen LogP contribution in [0, 0.1) is 0 Å². The SMILES string of the molecule is Nc1nc2ccccc2nc1Oc1ccccc1Br. The highest BCUT2D eigenvalue weighted by Crippen LogP contribution is 2.31. The fourth-order valence-electron chi connectivity index (χ4n) is 1.70. The summed E-state index contributed by atoms with van der Waals surface area (Å²) in [6, 6.07) is 15.0. The first-order valence-electron chi connectivity index (χ1n) is 5.69. The molecule has 1 heterocycles. The van der Waals surface area contributed by atoms with Crippen molar-refractivity contribution in [2.45, 2.75) is 0 Å². The Morgan fingerprint density at radius 2 is 1.53 bits per heavy atom. The van der Waals surface area contributed by atoms with Crippen LogP contribution in [0.15, 0.2) is 53.0 Å². The zero-order valence-corrected chi connectivity index (χ0v) is 11.5. The zero-order valence-electron chi connectivity index (χ0n) is 9.88. The lowest BCUT2D eigenvalue weighted by Gasteiger charge is -2.09. The number of para-hydroxylation sites is 3. The lowest BCUT2D eigenvalue weighted by atomic mass is 10.3. The number of hydrogen-bond donors (Lipinski definition) is 1. The number of nitrogens with zero attached hydrogens (tertiary/aromatic N) is 2. The van der Waals surface area contributed by atoms with E-state index in [2.05, 4.69) is 25.9 Å². The molecule has 4 nitrogen and oxygen atoms in total. The Balaban J connectivity index is 2.06. The molecule has 0 spiro atoms. The van der Waals surface area contributed by atoms with Crippen molar-refractivity contribution in [2.75, 3.05) is 5.73 Å². The number of rotatable bonds is 2. The monoisotopic (exact) mass is 315 g/mol. The van der Waals surface area contributed by atoms with Gasteiger partial charge in [0.1, 0.15) is 5.75 Å². The lowest BCUT2D eigenvalue weighted by Crippen LogP contribution is -1.99. The Hall–Kier alpha value is -2.14. The molecule has 0 saturated heterocycles. The van der Waals surface area contributed by atoms with Gasteiger partial charge in [-0.25, -0.2) is 9.97 Å². The maximum Gasteiger partial charge on any atom is 0.263 e. The van der Waals surface area contributed by atoms with Gasteiger partial charge in [0, 0.05) is 0 Å². The minimum absolute atomic E-state index is 0.273. The van der Waals surface area contributed by atoms with Gasteiger partial charge in [-0.2, -0.15) is 0 Å². The topological polar surface area (TPSA) is 61.0 Å². The second kappa shape index (κ2) is 4.85. The van der Waals surface area contributed by atoms with Crippen molar-refractivity contribution in [2.24, 2.45) is 0 Å². The first-order chi connectivity index (χ1) is 9.24. The summed E-state index contributed by atoms with van der Waals surface area (Å²) in [5.74, 6) is 1.24. The van der Waals surface area contributed by atoms with Gasteiger partial charge in [0.15, 0.2) is 5.82 Å². The van der Waals surface area contributed by atoms with Crippen LogP contribution >= 0.6 is 15.9 Å². The first-order valence-corrected chi connectivity index (χ1v) is 6.48. The molecule has 1 aromatic heterocycles. The van der Waals surface area contributed by atoms with Crippen LogP contribution in [-0.2, 0) is 0 Å². The van der Waals surface area contributed by atoms with Crippen molar-refractivity contribution in [1.29, 1.82) is 0 Å². The standard InChI is InChI=1S/C14H10BrN3O/c15-9-5-1-4-8-12(9)19-14-13(16)17-10-6-2-3-7-11(10)18-14/h1-8H,(H2,16,17). The summed E-state index contributed by atoms with van der Waals surface area (Å²) >= 11 is 3.41. The van der Waals surface area contributed by atoms with Crippen LogP contribution in [-0.4, -0.2) is 9.97 Å². The molecular weight excluding hydrogens is 306 g/mol. The highest BCUT2D eigenvalue weighted by molar-refractivity contribution is 9.10. The smallest absolute Gasteiger partial charge is 0.263 e. The van der Waals surface area contributed by atoms with Crippen molar-refractivity contribution < 1.29 is 4.74 Å². The number of nitrogens with two attached hydrogens (primary N) is 1. The van der Waals surface area contributed by atoms with Gasteiger partial charge in [0.05, 0.1) is 15.5 Å². The zero-order chi connectivity index (χ0) is 13.2. The fraction of sp³-hybridized carbons (Fsp3) is 0. The van der Waals surface area contributed by atoms with E-state index in [0.29, 0.717) is 11.6 Å². The van der Waals surface area contributed by atoms with E-state index in [-0.39, 0.29) is 5.82 Å². The molecule has 94 valence electrons. The third kappa shape index (κ3) is 2.37. The third-order valence-corrected chi connectivity index (χ3v) is 3.26. The maximum absolute atomic E-state index is 5.87. The summed E-state index contributed by atoms with van der Waals surface area (Å²) < 4.78 is 6.54. The Labute approximate surface area is 118 Å². The van der Waals surface area contributed by atoms with Gasteiger partial charge in [-0.05, 0) is 40.2 Å². The summed E-state index contributed by atoms with van der Waals surface area (Å²) in [4.78, 5) is 8.66. The number of hydrogen-bond acceptors (Lipinski definition) is 4. The number of benzene rings is 2. The van der Waals surface area contributed by atoms with Gasteiger partial charge in [-0.1, -0.05) is 24.3 Å². The molecule has 0 fully saturated rings. The molecule has 19 heavy (non-hydrogen) atoms. The van der Waals surface area contributed by atoms with Gasteiger partial charge < -0.3 is 10.5 Å². The summed E-state index contributed by atoms with van der Waals surface area (Å²) in [5, 5.41) is 0. The molecule has 0 amide bonds. The highest BCUT2D eigenvalue weighted by Gasteiger charge is 2.09. The largest absolute Gasteiger partial charge is 0.435 e. The molecule has 0 saturated carbocycles. The van der Waals surface area contributed by atoms with Crippen molar-refractivity contribution >= 4 is 32.8 Å². The minimum atomic E-state index is 0.273. The predicted octanol–water partition coefficient (Wildman–Crippen LogP) is 3.77. The van der Waals surface area contributed by atoms with Crippen LogP contribution in [0.4, 0.5) is 5.82 Å². The molecule has 0 unspecified atom stereocenters. The van der Waals surface area contributed by atoms with Gasteiger partial charge in [0.25, 0.3) is 5.88 Å². The Bertz CT molecular complexity index is 746. The molecule has 0 atom stereocenters. The number of fused-ring (bicyclic) bond motifs is 1. The first kappa shape index (κ1) is 11.9. The van der Waals surface area contributed by atoms with Crippen LogP contribution in [0.2, 0.25) is 0 Å². The quantitative estimate of drug-likeness (QED) is 0.782. The van der Waals surface area contributed by atoms with Crippen molar-refractivity contribution in [1.82, 2.24) is 9.97 Å². The maximum atomic E-state index is 5.87. The molecule has 3 rings (SSSR count). The number of ether oxygens (including phenoxy) is 1. The second-order valence-electron chi connectivity index (χ2n) is 3.94. The fourth-order valence-corrected chi connectivity index (χ4v) is 2.07. The van der Waals surface area contributed by atoms with Gasteiger partial charge in [-0.15, -0.1) is 0 Å². The molecule has 2 aromatic carbocycles. The van der Waals surface area contributed by atoms with Crippen molar-refractivity contribution in [3.63, 3.8) is 0 Å². The number of aromatic nitrogens is 2. The molecule has 0 radical (unpaired) electrons. The summed E-state index contributed by atoms with van der Waals surface area (Å²) in [6.45, 7) is 0. The van der Waals surface area contributed by atoms with E-state index in [9.17, 15) is 0 Å². The molecule has 0 aliphatic heterocycles.